The maximum absolute atomic E-state index is 12.5. The van der Waals surface area contributed by atoms with Gasteiger partial charge < -0.3 is 19.4 Å². The lowest BCUT2D eigenvalue weighted by Gasteiger charge is -2.12. The van der Waals surface area contributed by atoms with Gasteiger partial charge in [-0.2, -0.15) is 5.26 Å². The summed E-state index contributed by atoms with van der Waals surface area (Å²) in [6.45, 7) is 1.83. The molecule has 0 aliphatic carbocycles. The summed E-state index contributed by atoms with van der Waals surface area (Å²) in [5, 5.41) is 13.0. The van der Waals surface area contributed by atoms with Gasteiger partial charge in [0, 0.05) is 38.2 Å². The third-order valence-electron chi connectivity index (χ3n) is 4.19. The first kappa shape index (κ1) is 16.8. The average molecular weight is 335 g/mol. The predicted octanol–water partition coefficient (Wildman–Crippen LogP) is 2.67. The molecule has 3 rings (SSSR count). The number of nitrogens with one attached hydrogen (secondary N) is 1. The van der Waals surface area contributed by atoms with Gasteiger partial charge in [0.15, 0.2) is 0 Å². The number of anilines is 1. The number of nitrogens with zero attached hydrogens (tertiary/aromatic N) is 4. The number of carbonyl (C=O) groups is 1. The topological polar surface area (TPSA) is 66.0 Å². The average Bonchev–Trinajstić information content (AvgIpc) is 3.15. The zero-order valence-corrected chi connectivity index (χ0v) is 14.7. The van der Waals surface area contributed by atoms with Crippen LogP contribution in [0.1, 0.15) is 16.1 Å². The fourth-order valence-corrected chi connectivity index (χ4v) is 2.81. The van der Waals surface area contributed by atoms with Gasteiger partial charge in [0.05, 0.1) is 11.1 Å². The van der Waals surface area contributed by atoms with Crippen LogP contribution < -0.4 is 5.32 Å². The number of amides is 1. The molecule has 0 aliphatic heterocycles. The molecule has 6 heteroatoms. The largest absolute Gasteiger partial charge is 0.346 e. The Hall–Kier alpha value is -3.04. The number of benzene rings is 1. The van der Waals surface area contributed by atoms with E-state index >= 15 is 0 Å². The molecule has 128 valence electrons. The first-order valence-corrected chi connectivity index (χ1v) is 8.09. The van der Waals surface area contributed by atoms with Gasteiger partial charge in [0.2, 0.25) is 0 Å². The molecule has 6 nitrogen and oxygen atoms in total. The Bertz CT molecular complexity index is 958. The monoisotopic (exact) mass is 335 g/mol. The van der Waals surface area contributed by atoms with Crippen molar-refractivity contribution < 1.29 is 4.79 Å². The molecule has 25 heavy (non-hydrogen) atoms. The van der Waals surface area contributed by atoms with Crippen molar-refractivity contribution in [2.45, 2.75) is 6.54 Å². The van der Waals surface area contributed by atoms with E-state index < -0.39 is 0 Å². The Labute approximate surface area is 146 Å². The van der Waals surface area contributed by atoms with Crippen molar-refractivity contribution in [3.05, 3.63) is 54.0 Å². The van der Waals surface area contributed by atoms with Crippen molar-refractivity contribution in [3.63, 3.8) is 0 Å². The first-order valence-electron chi connectivity index (χ1n) is 8.09. The third kappa shape index (κ3) is 3.57. The minimum atomic E-state index is -0.227. The molecule has 1 N–H and O–H groups in total. The highest BCUT2D eigenvalue weighted by molar-refractivity contribution is 6.04. The van der Waals surface area contributed by atoms with Crippen molar-refractivity contribution >= 4 is 22.5 Å². The summed E-state index contributed by atoms with van der Waals surface area (Å²) >= 11 is 0. The summed E-state index contributed by atoms with van der Waals surface area (Å²) in [6.07, 6.45) is 3.71. The van der Waals surface area contributed by atoms with Crippen LogP contribution in [-0.4, -0.2) is 40.6 Å². The Morgan fingerprint density at radius 3 is 2.76 bits per heavy atom. The van der Waals surface area contributed by atoms with E-state index in [0.29, 0.717) is 11.3 Å². The molecule has 0 radical (unpaired) electrons. The number of likely N-dealkylation sites (N-methyl/N-ethyl adjacent to an activating group) is 1. The Balaban J connectivity index is 1.83. The quantitative estimate of drug-likeness (QED) is 0.779. The molecule has 0 saturated carbocycles. The smallest absolute Gasteiger partial charge is 0.272 e. The van der Waals surface area contributed by atoms with Crippen LogP contribution in [0, 0.1) is 11.3 Å². The maximum Gasteiger partial charge on any atom is 0.272 e. The van der Waals surface area contributed by atoms with Crippen LogP contribution >= 0.6 is 0 Å². The molecule has 2 aromatic heterocycles. The second-order valence-corrected chi connectivity index (χ2v) is 6.38. The molecule has 0 unspecified atom stereocenters. The van der Waals surface area contributed by atoms with E-state index in [0.717, 1.165) is 29.7 Å². The SMILES string of the molecule is CN(C)CCn1ccc2ccc(NC(=O)c3cc(C#N)cn3C)cc21. The maximum atomic E-state index is 12.5. The van der Waals surface area contributed by atoms with Crippen LogP contribution in [0.25, 0.3) is 10.9 Å². The zero-order valence-electron chi connectivity index (χ0n) is 14.7. The zero-order chi connectivity index (χ0) is 18.0. The summed E-state index contributed by atoms with van der Waals surface area (Å²) in [7, 11) is 5.85. The van der Waals surface area contributed by atoms with Crippen LogP contribution in [0.4, 0.5) is 5.69 Å². The number of aryl methyl sites for hydroxylation is 1. The van der Waals surface area contributed by atoms with E-state index in [4.69, 9.17) is 5.26 Å². The van der Waals surface area contributed by atoms with E-state index in [1.165, 1.54) is 0 Å². The van der Waals surface area contributed by atoms with E-state index in [-0.39, 0.29) is 5.91 Å². The molecule has 0 atom stereocenters. The number of hydrogen-bond donors (Lipinski definition) is 1. The first-order chi connectivity index (χ1) is 12.0. The van der Waals surface area contributed by atoms with Crippen LogP contribution in [0.15, 0.2) is 42.7 Å². The summed E-state index contributed by atoms with van der Waals surface area (Å²) in [4.78, 5) is 14.6. The van der Waals surface area contributed by atoms with Crippen LogP contribution in [0.2, 0.25) is 0 Å². The molecule has 3 aromatic rings. The van der Waals surface area contributed by atoms with Crippen molar-refractivity contribution in [1.82, 2.24) is 14.0 Å². The lowest BCUT2D eigenvalue weighted by molar-refractivity contribution is 0.101. The van der Waals surface area contributed by atoms with E-state index in [1.54, 1.807) is 23.9 Å². The predicted molar refractivity (Wildman–Crippen MR) is 98.6 cm³/mol. The van der Waals surface area contributed by atoms with Crippen molar-refractivity contribution in [3.8, 4) is 6.07 Å². The van der Waals surface area contributed by atoms with Gasteiger partial charge in [-0.1, -0.05) is 6.07 Å². The molecule has 0 aliphatic rings. The molecule has 1 amide bonds. The van der Waals surface area contributed by atoms with E-state index in [1.807, 2.05) is 32.3 Å². The number of hydrogen-bond acceptors (Lipinski definition) is 3. The number of fused-ring (bicyclic) bond motifs is 1. The molecule has 0 saturated heterocycles. The Morgan fingerprint density at radius 1 is 1.28 bits per heavy atom. The third-order valence-corrected chi connectivity index (χ3v) is 4.19. The van der Waals surface area contributed by atoms with Gasteiger partial charge in [0.1, 0.15) is 11.8 Å². The van der Waals surface area contributed by atoms with Gasteiger partial charge in [-0.3, -0.25) is 4.79 Å². The van der Waals surface area contributed by atoms with Crippen molar-refractivity contribution in [1.29, 1.82) is 5.26 Å². The fourth-order valence-electron chi connectivity index (χ4n) is 2.81. The van der Waals surface area contributed by atoms with E-state index in [9.17, 15) is 4.79 Å². The molecular weight excluding hydrogens is 314 g/mol. The van der Waals surface area contributed by atoms with Gasteiger partial charge in [-0.25, -0.2) is 0 Å². The van der Waals surface area contributed by atoms with Crippen molar-refractivity contribution in [2.75, 3.05) is 26.0 Å². The van der Waals surface area contributed by atoms with Crippen LogP contribution in [0.5, 0.6) is 0 Å². The summed E-state index contributed by atoms with van der Waals surface area (Å²) in [5.74, 6) is -0.227. The highest BCUT2D eigenvalue weighted by Gasteiger charge is 2.13. The summed E-state index contributed by atoms with van der Waals surface area (Å²) in [6, 6.07) is 11.6. The molecule has 2 heterocycles. The minimum Gasteiger partial charge on any atom is -0.346 e. The fraction of sp³-hybridized carbons (Fsp3) is 0.263. The lowest BCUT2D eigenvalue weighted by atomic mass is 10.2. The molecular formula is C19H21N5O. The number of carbonyl (C=O) groups excluding carboxylic acids is 1. The Morgan fingerprint density at radius 2 is 2.08 bits per heavy atom. The minimum absolute atomic E-state index is 0.227. The summed E-state index contributed by atoms with van der Waals surface area (Å²) in [5.41, 5.74) is 2.76. The van der Waals surface area contributed by atoms with Gasteiger partial charge >= 0.3 is 0 Å². The second-order valence-electron chi connectivity index (χ2n) is 6.38. The van der Waals surface area contributed by atoms with Crippen molar-refractivity contribution in [2.24, 2.45) is 7.05 Å². The van der Waals surface area contributed by atoms with Gasteiger partial charge in [-0.15, -0.1) is 0 Å². The van der Waals surface area contributed by atoms with Gasteiger partial charge in [-0.05, 0) is 43.7 Å². The number of nitriles is 1. The number of aromatic nitrogens is 2. The standard InChI is InChI=1S/C19H21N5O/c1-22(2)8-9-24-7-6-15-4-5-16(11-17(15)24)21-19(25)18-10-14(12-20)13-23(18)3/h4-7,10-11,13H,8-9H2,1-3H3,(H,21,25). The number of rotatable bonds is 5. The van der Waals surface area contributed by atoms with E-state index in [2.05, 4.69) is 33.1 Å². The van der Waals surface area contributed by atoms with Gasteiger partial charge in [0.25, 0.3) is 5.91 Å². The highest BCUT2D eigenvalue weighted by atomic mass is 16.1. The summed E-state index contributed by atoms with van der Waals surface area (Å²) < 4.78 is 3.84. The Kier molecular flexibility index (Phi) is 4.59. The molecule has 0 fully saturated rings. The second kappa shape index (κ2) is 6.83. The van der Waals surface area contributed by atoms with Crippen LogP contribution in [0.3, 0.4) is 0 Å². The lowest BCUT2D eigenvalue weighted by Crippen LogP contribution is -2.18. The molecule has 1 aromatic carbocycles. The molecule has 0 spiro atoms. The highest BCUT2D eigenvalue weighted by Crippen LogP contribution is 2.21. The molecule has 0 bridgehead atoms. The van der Waals surface area contributed by atoms with Crippen LogP contribution in [-0.2, 0) is 13.6 Å². The normalized spacial score (nSPS) is 11.0.